The van der Waals surface area contributed by atoms with Gasteiger partial charge in [-0.25, -0.2) is 0 Å². The van der Waals surface area contributed by atoms with Gasteiger partial charge in [0.2, 0.25) is 0 Å². The summed E-state index contributed by atoms with van der Waals surface area (Å²) in [6.07, 6.45) is 6.75. The van der Waals surface area contributed by atoms with Crippen LogP contribution in [0.25, 0.3) is 0 Å². The van der Waals surface area contributed by atoms with Crippen LogP contribution in [0.15, 0.2) is 11.0 Å². The van der Waals surface area contributed by atoms with Crippen LogP contribution in [0.4, 0.5) is 5.95 Å². The number of rotatable bonds is 2. The Labute approximate surface area is 81.3 Å². The minimum absolute atomic E-state index is 0.222. The summed E-state index contributed by atoms with van der Waals surface area (Å²) in [4.78, 5) is 11.5. The van der Waals surface area contributed by atoms with Crippen molar-refractivity contribution in [1.29, 1.82) is 0 Å². The zero-order valence-corrected chi connectivity index (χ0v) is 7.62. The SMILES string of the molecule is C#COB=Nc1nc(C)cc(Cl)n1. The summed E-state index contributed by atoms with van der Waals surface area (Å²) < 4.78 is 4.43. The Kier molecular flexibility index (Phi) is 3.41. The van der Waals surface area contributed by atoms with E-state index in [1.54, 1.807) is 13.0 Å². The predicted molar refractivity (Wildman–Crippen MR) is 49.5 cm³/mol. The molecule has 0 unspecified atom stereocenters. The molecule has 0 aromatic carbocycles. The van der Waals surface area contributed by atoms with Gasteiger partial charge in [0.1, 0.15) is 0 Å². The van der Waals surface area contributed by atoms with Gasteiger partial charge >= 0.3 is 80.7 Å². The number of terminal acetylenes is 1. The fourth-order valence-corrected chi connectivity index (χ4v) is 0.910. The zero-order valence-electron chi connectivity index (χ0n) is 6.86. The molecule has 0 radical (unpaired) electrons. The molecular formula is C7H5BClN3O. The summed E-state index contributed by atoms with van der Waals surface area (Å²) in [6, 6.07) is 1.63. The van der Waals surface area contributed by atoms with E-state index in [1.165, 1.54) is 0 Å². The van der Waals surface area contributed by atoms with E-state index in [0.29, 0.717) is 5.15 Å². The van der Waals surface area contributed by atoms with E-state index in [4.69, 9.17) is 18.0 Å². The maximum atomic E-state index is 5.66. The second-order valence-corrected chi connectivity index (χ2v) is 2.49. The molecule has 0 aliphatic carbocycles. The van der Waals surface area contributed by atoms with Gasteiger partial charge in [-0.15, -0.1) is 0 Å². The second-order valence-electron chi connectivity index (χ2n) is 2.10. The summed E-state index contributed by atoms with van der Waals surface area (Å²) in [5.74, 6) is 0.222. The number of aryl methyl sites for hydroxylation is 1. The quantitative estimate of drug-likeness (QED) is 0.406. The average molecular weight is 193 g/mol. The monoisotopic (exact) mass is 193 g/mol. The summed E-state index contributed by atoms with van der Waals surface area (Å²) in [6.45, 7) is 1.79. The minimum atomic E-state index is 0.222. The first-order valence-electron chi connectivity index (χ1n) is 3.37. The first-order valence-corrected chi connectivity index (χ1v) is 3.75. The third kappa shape index (κ3) is 3.22. The molecule has 0 saturated carbocycles. The maximum absolute atomic E-state index is 5.66. The van der Waals surface area contributed by atoms with Crippen molar-refractivity contribution in [3.63, 3.8) is 0 Å². The Balaban J connectivity index is 2.84. The molecule has 0 aliphatic rings. The Morgan fingerprint density at radius 3 is 3.08 bits per heavy atom. The number of nitrogens with zero attached hydrogens (tertiary/aromatic N) is 3. The number of aromatic nitrogens is 2. The first-order chi connectivity index (χ1) is 6.22. The molecule has 1 aromatic heterocycles. The summed E-state index contributed by atoms with van der Waals surface area (Å²) >= 11 is 5.66. The van der Waals surface area contributed by atoms with Crippen molar-refractivity contribution in [2.24, 2.45) is 4.90 Å². The molecule has 0 aliphatic heterocycles. The molecule has 1 rings (SSSR count). The number of hydrogen-bond acceptors (Lipinski definition) is 4. The first kappa shape index (κ1) is 9.68. The second kappa shape index (κ2) is 4.58. The van der Waals surface area contributed by atoms with Crippen LogP contribution < -0.4 is 0 Å². The van der Waals surface area contributed by atoms with Crippen LogP contribution in [0.5, 0.6) is 0 Å². The van der Waals surface area contributed by atoms with E-state index >= 15 is 0 Å². The zero-order chi connectivity index (χ0) is 9.68. The predicted octanol–water partition coefficient (Wildman–Crippen LogP) is 1.48. The molecule has 6 heteroatoms. The van der Waals surface area contributed by atoms with Crippen molar-refractivity contribution in [3.05, 3.63) is 16.9 Å². The molecule has 4 nitrogen and oxygen atoms in total. The normalized spacial score (nSPS) is 9.31. The molecule has 0 amide bonds. The Morgan fingerprint density at radius 2 is 2.46 bits per heavy atom. The van der Waals surface area contributed by atoms with Gasteiger partial charge in [-0.05, 0) is 0 Å². The Morgan fingerprint density at radius 1 is 1.69 bits per heavy atom. The summed E-state index contributed by atoms with van der Waals surface area (Å²) in [5, 5.41) is 0.334. The molecule has 0 N–H and O–H groups in total. The average Bonchev–Trinajstić information content (AvgIpc) is 2.03. The van der Waals surface area contributed by atoms with Gasteiger partial charge in [0, 0.05) is 0 Å². The van der Waals surface area contributed by atoms with Crippen LogP contribution in [0.2, 0.25) is 5.15 Å². The van der Waals surface area contributed by atoms with Crippen molar-refractivity contribution in [2.45, 2.75) is 6.92 Å². The molecule has 1 aromatic rings. The van der Waals surface area contributed by atoms with Gasteiger partial charge in [-0.2, -0.15) is 0 Å². The molecule has 0 bridgehead atoms. The van der Waals surface area contributed by atoms with Gasteiger partial charge in [0.05, 0.1) is 0 Å². The molecule has 0 spiro atoms. The van der Waals surface area contributed by atoms with Crippen LogP contribution in [0.1, 0.15) is 5.69 Å². The van der Waals surface area contributed by atoms with Crippen LogP contribution >= 0.6 is 11.6 Å². The molecule has 13 heavy (non-hydrogen) atoms. The molecule has 64 valence electrons. The van der Waals surface area contributed by atoms with Gasteiger partial charge in [0.15, 0.2) is 0 Å². The molecular weight excluding hydrogens is 188 g/mol. The summed E-state index contributed by atoms with van der Waals surface area (Å²) in [5.41, 5.74) is 0.729. The van der Waals surface area contributed by atoms with Crippen LogP contribution in [0, 0.1) is 19.5 Å². The van der Waals surface area contributed by atoms with Gasteiger partial charge < -0.3 is 0 Å². The van der Waals surface area contributed by atoms with E-state index in [2.05, 4.69) is 19.5 Å². The Hall–Kier alpha value is -1.41. The molecule has 0 saturated heterocycles. The van der Waals surface area contributed by atoms with E-state index < -0.39 is 0 Å². The topological polar surface area (TPSA) is 47.4 Å². The third-order valence-corrected chi connectivity index (χ3v) is 1.29. The van der Waals surface area contributed by atoms with E-state index in [0.717, 1.165) is 13.0 Å². The van der Waals surface area contributed by atoms with Crippen molar-refractivity contribution >= 4 is 24.8 Å². The molecule has 1 heterocycles. The standard InChI is InChI=1S/C7H5BClN3O/c1-3-13-8-12-7-10-5(2)4-6(9)11-7/h1,4H,2H3. The van der Waals surface area contributed by atoms with Crippen LogP contribution in [-0.4, -0.2) is 17.2 Å². The number of hydrogen-bond donors (Lipinski definition) is 0. The van der Waals surface area contributed by atoms with E-state index in [-0.39, 0.29) is 5.95 Å². The fraction of sp³-hybridized carbons (Fsp3) is 0.143. The summed E-state index contributed by atoms with van der Waals surface area (Å²) in [7, 11) is 1.07. The van der Waals surface area contributed by atoms with Crippen LogP contribution in [0.3, 0.4) is 0 Å². The number of halogens is 1. The van der Waals surface area contributed by atoms with Gasteiger partial charge in [-0.3, -0.25) is 0 Å². The van der Waals surface area contributed by atoms with E-state index in [9.17, 15) is 0 Å². The Bertz CT molecular complexity index is 354. The van der Waals surface area contributed by atoms with Crippen molar-refractivity contribution in [2.75, 3.05) is 0 Å². The van der Waals surface area contributed by atoms with Crippen LogP contribution in [-0.2, 0) is 4.65 Å². The van der Waals surface area contributed by atoms with Gasteiger partial charge in [0.25, 0.3) is 0 Å². The molecule has 0 fully saturated rings. The molecule has 0 atom stereocenters. The fourth-order valence-electron chi connectivity index (χ4n) is 0.677. The van der Waals surface area contributed by atoms with Crippen molar-refractivity contribution in [3.8, 4) is 12.5 Å². The van der Waals surface area contributed by atoms with E-state index in [1.807, 2.05) is 6.11 Å². The third-order valence-electron chi connectivity index (χ3n) is 1.10. The van der Waals surface area contributed by atoms with Crippen molar-refractivity contribution in [1.82, 2.24) is 9.97 Å². The van der Waals surface area contributed by atoms with Crippen molar-refractivity contribution < 1.29 is 4.65 Å². The van der Waals surface area contributed by atoms with Gasteiger partial charge in [-0.1, -0.05) is 0 Å².